The molecule has 0 saturated carbocycles. The molecule has 0 fully saturated rings. The van der Waals surface area contributed by atoms with E-state index in [2.05, 4.69) is 18.7 Å². The lowest BCUT2D eigenvalue weighted by Gasteiger charge is -2.17. The molecule has 0 spiro atoms. The van der Waals surface area contributed by atoms with E-state index in [4.69, 9.17) is 4.74 Å². The number of hydrogen-bond donors (Lipinski definition) is 0. The summed E-state index contributed by atoms with van der Waals surface area (Å²) in [5, 5.41) is 0. The van der Waals surface area contributed by atoms with Crippen LogP contribution in [-0.4, -0.2) is 37.1 Å². The first kappa shape index (κ1) is 12.4. The standard InChI is InChI=1S/C10H21NO2/c1-4-11(5-2)8-6-7-9-13-10(3)12/h4-9H2,1-3H3. The average molecular weight is 187 g/mol. The molecule has 0 aromatic heterocycles. The van der Waals surface area contributed by atoms with Crippen LogP contribution in [0.4, 0.5) is 0 Å². The molecular weight excluding hydrogens is 166 g/mol. The molecule has 0 aromatic carbocycles. The Bertz CT molecular complexity index is 133. The Kier molecular flexibility index (Phi) is 7.69. The Hall–Kier alpha value is -0.570. The van der Waals surface area contributed by atoms with Crippen molar-refractivity contribution in [2.45, 2.75) is 33.6 Å². The van der Waals surface area contributed by atoms with Gasteiger partial charge in [-0.15, -0.1) is 0 Å². The summed E-state index contributed by atoms with van der Waals surface area (Å²) in [5.41, 5.74) is 0. The molecule has 0 atom stereocenters. The quantitative estimate of drug-likeness (QED) is 0.448. The molecule has 0 bridgehead atoms. The normalized spacial score (nSPS) is 10.5. The zero-order chi connectivity index (χ0) is 10.1. The van der Waals surface area contributed by atoms with Crippen LogP contribution in [0.1, 0.15) is 33.6 Å². The molecule has 13 heavy (non-hydrogen) atoms. The van der Waals surface area contributed by atoms with E-state index in [-0.39, 0.29) is 5.97 Å². The predicted molar refractivity (Wildman–Crippen MR) is 53.7 cm³/mol. The largest absolute Gasteiger partial charge is 0.466 e. The van der Waals surface area contributed by atoms with Gasteiger partial charge in [-0.3, -0.25) is 4.79 Å². The second-order valence-corrected chi connectivity index (χ2v) is 3.07. The summed E-state index contributed by atoms with van der Waals surface area (Å²) in [6.07, 6.45) is 2.07. The second kappa shape index (κ2) is 8.05. The van der Waals surface area contributed by atoms with Crippen molar-refractivity contribution in [1.82, 2.24) is 4.90 Å². The highest BCUT2D eigenvalue weighted by Crippen LogP contribution is 1.95. The monoisotopic (exact) mass is 187 g/mol. The number of carbonyl (C=O) groups is 1. The van der Waals surface area contributed by atoms with Gasteiger partial charge in [-0.2, -0.15) is 0 Å². The number of unbranched alkanes of at least 4 members (excludes halogenated alkanes) is 1. The Balaban J connectivity index is 3.19. The van der Waals surface area contributed by atoms with Crippen LogP contribution in [0.5, 0.6) is 0 Å². The third-order valence-electron chi connectivity index (χ3n) is 2.07. The van der Waals surface area contributed by atoms with Crippen molar-refractivity contribution in [1.29, 1.82) is 0 Å². The van der Waals surface area contributed by atoms with E-state index in [0.29, 0.717) is 6.61 Å². The van der Waals surface area contributed by atoms with Gasteiger partial charge in [0.2, 0.25) is 0 Å². The Labute approximate surface area is 81.1 Å². The average Bonchev–Trinajstić information content (AvgIpc) is 2.11. The Morgan fingerprint density at radius 1 is 1.23 bits per heavy atom. The number of ether oxygens (including phenoxy) is 1. The fourth-order valence-electron chi connectivity index (χ4n) is 1.19. The summed E-state index contributed by atoms with van der Waals surface area (Å²) in [5.74, 6) is -0.178. The van der Waals surface area contributed by atoms with Crippen molar-refractivity contribution in [2.24, 2.45) is 0 Å². The fourth-order valence-corrected chi connectivity index (χ4v) is 1.19. The lowest BCUT2D eigenvalue weighted by atomic mass is 10.3. The van der Waals surface area contributed by atoms with Gasteiger partial charge in [-0.1, -0.05) is 13.8 Å². The number of carbonyl (C=O) groups excluding carboxylic acids is 1. The van der Waals surface area contributed by atoms with Crippen LogP contribution in [-0.2, 0) is 9.53 Å². The second-order valence-electron chi connectivity index (χ2n) is 3.07. The molecule has 0 N–H and O–H groups in total. The van der Waals surface area contributed by atoms with Crippen molar-refractivity contribution >= 4 is 5.97 Å². The van der Waals surface area contributed by atoms with Gasteiger partial charge in [-0.25, -0.2) is 0 Å². The van der Waals surface area contributed by atoms with Gasteiger partial charge in [0, 0.05) is 6.92 Å². The molecule has 0 aliphatic carbocycles. The van der Waals surface area contributed by atoms with Crippen molar-refractivity contribution in [3.63, 3.8) is 0 Å². The van der Waals surface area contributed by atoms with Gasteiger partial charge in [0.15, 0.2) is 0 Å². The van der Waals surface area contributed by atoms with Crippen molar-refractivity contribution < 1.29 is 9.53 Å². The summed E-state index contributed by atoms with van der Waals surface area (Å²) < 4.78 is 4.83. The molecule has 0 rings (SSSR count). The minimum Gasteiger partial charge on any atom is -0.466 e. The summed E-state index contributed by atoms with van der Waals surface area (Å²) >= 11 is 0. The van der Waals surface area contributed by atoms with Gasteiger partial charge in [0.1, 0.15) is 0 Å². The van der Waals surface area contributed by atoms with Crippen LogP contribution in [0, 0.1) is 0 Å². The number of nitrogens with zero attached hydrogens (tertiary/aromatic N) is 1. The van der Waals surface area contributed by atoms with Gasteiger partial charge in [0.05, 0.1) is 6.61 Å². The molecule has 0 radical (unpaired) electrons. The molecule has 0 saturated heterocycles. The topological polar surface area (TPSA) is 29.5 Å². The number of hydrogen-bond acceptors (Lipinski definition) is 3. The highest BCUT2D eigenvalue weighted by Gasteiger charge is 1.98. The lowest BCUT2D eigenvalue weighted by Crippen LogP contribution is -2.24. The van der Waals surface area contributed by atoms with Crippen LogP contribution < -0.4 is 0 Å². The molecule has 0 unspecified atom stereocenters. The maximum Gasteiger partial charge on any atom is 0.302 e. The first-order chi connectivity index (χ1) is 6.20. The SMILES string of the molecule is CCN(CC)CCCCOC(C)=O. The fraction of sp³-hybridized carbons (Fsp3) is 0.900. The number of esters is 1. The first-order valence-corrected chi connectivity index (χ1v) is 5.06. The van der Waals surface area contributed by atoms with Crippen molar-refractivity contribution in [3.05, 3.63) is 0 Å². The molecule has 0 amide bonds. The van der Waals surface area contributed by atoms with Gasteiger partial charge < -0.3 is 9.64 Å². The molecule has 0 aliphatic rings. The van der Waals surface area contributed by atoms with Crippen molar-refractivity contribution in [2.75, 3.05) is 26.2 Å². The molecule has 0 heterocycles. The number of rotatable bonds is 7. The zero-order valence-electron chi connectivity index (χ0n) is 9.01. The van der Waals surface area contributed by atoms with Crippen molar-refractivity contribution in [3.8, 4) is 0 Å². The summed E-state index contributed by atoms with van der Waals surface area (Å²) in [7, 11) is 0. The lowest BCUT2D eigenvalue weighted by molar-refractivity contribution is -0.141. The molecule has 0 aromatic rings. The van der Waals surface area contributed by atoms with E-state index in [1.54, 1.807) is 0 Å². The summed E-state index contributed by atoms with van der Waals surface area (Å²) in [6, 6.07) is 0. The van der Waals surface area contributed by atoms with Gasteiger partial charge >= 0.3 is 5.97 Å². The Morgan fingerprint density at radius 2 is 1.85 bits per heavy atom. The van der Waals surface area contributed by atoms with E-state index < -0.39 is 0 Å². The molecule has 3 heteroatoms. The highest BCUT2D eigenvalue weighted by molar-refractivity contribution is 5.65. The van der Waals surface area contributed by atoms with Crippen LogP contribution >= 0.6 is 0 Å². The minimum absolute atomic E-state index is 0.178. The summed E-state index contributed by atoms with van der Waals surface area (Å²) in [6.45, 7) is 9.65. The van der Waals surface area contributed by atoms with E-state index in [1.807, 2.05) is 0 Å². The first-order valence-electron chi connectivity index (χ1n) is 5.06. The molecule has 0 aliphatic heterocycles. The van der Waals surface area contributed by atoms with E-state index in [1.165, 1.54) is 6.92 Å². The maximum atomic E-state index is 10.4. The van der Waals surface area contributed by atoms with Gasteiger partial charge in [0.25, 0.3) is 0 Å². The maximum absolute atomic E-state index is 10.4. The van der Waals surface area contributed by atoms with E-state index in [0.717, 1.165) is 32.5 Å². The van der Waals surface area contributed by atoms with Crippen LogP contribution in [0.2, 0.25) is 0 Å². The van der Waals surface area contributed by atoms with Crippen LogP contribution in [0.15, 0.2) is 0 Å². The summed E-state index contributed by atoms with van der Waals surface area (Å²) in [4.78, 5) is 12.8. The third kappa shape index (κ3) is 7.78. The molecule has 78 valence electrons. The zero-order valence-corrected chi connectivity index (χ0v) is 9.01. The molecule has 3 nitrogen and oxygen atoms in total. The van der Waals surface area contributed by atoms with Crippen LogP contribution in [0.3, 0.4) is 0 Å². The Morgan fingerprint density at radius 3 is 2.31 bits per heavy atom. The van der Waals surface area contributed by atoms with E-state index in [9.17, 15) is 4.79 Å². The minimum atomic E-state index is -0.178. The smallest absolute Gasteiger partial charge is 0.302 e. The predicted octanol–water partition coefficient (Wildman–Crippen LogP) is 1.67. The van der Waals surface area contributed by atoms with Crippen LogP contribution in [0.25, 0.3) is 0 Å². The van der Waals surface area contributed by atoms with E-state index >= 15 is 0 Å². The third-order valence-corrected chi connectivity index (χ3v) is 2.07. The van der Waals surface area contributed by atoms with Gasteiger partial charge in [-0.05, 0) is 32.5 Å². The molecular formula is C10H21NO2. The highest BCUT2D eigenvalue weighted by atomic mass is 16.5.